The van der Waals surface area contributed by atoms with Gasteiger partial charge in [0.25, 0.3) is 0 Å². The van der Waals surface area contributed by atoms with Crippen LogP contribution in [0, 0.1) is 17.3 Å². The third-order valence-corrected chi connectivity index (χ3v) is 7.87. The molecule has 0 amide bonds. The molecule has 0 spiro atoms. The van der Waals surface area contributed by atoms with Gasteiger partial charge >= 0.3 is 5.97 Å². The fourth-order valence-corrected chi connectivity index (χ4v) is 6.33. The number of fused-ring (bicyclic) bond motifs is 5. The third kappa shape index (κ3) is 2.79. The normalized spacial score (nSPS) is 33.5. The van der Waals surface area contributed by atoms with Crippen molar-refractivity contribution in [2.75, 3.05) is 0 Å². The topological polar surface area (TPSA) is 46.5 Å². The molecule has 28 heavy (non-hydrogen) atoms. The summed E-state index contributed by atoms with van der Waals surface area (Å²) in [6.45, 7) is 2.31. The molecule has 3 nitrogen and oxygen atoms in total. The predicted molar refractivity (Wildman–Crippen MR) is 108 cm³/mol. The zero-order valence-electron chi connectivity index (χ0n) is 16.4. The maximum Gasteiger partial charge on any atom is 0.343 e. The van der Waals surface area contributed by atoms with Crippen LogP contribution in [0.15, 0.2) is 48.5 Å². The van der Waals surface area contributed by atoms with Gasteiger partial charge in [-0.15, -0.1) is 0 Å². The Hall–Kier alpha value is -2.13. The summed E-state index contributed by atoms with van der Waals surface area (Å²) in [6.07, 6.45) is 6.50. The molecule has 3 heteroatoms. The van der Waals surface area contributed by atoms with E-state index in [-0.39, 0.29) is 17.5 Å². The van der Waals surface area contributed by atoms with Crippen LogP contribution in [0.1, 0.15) is 66.4 Å². The molecule has 0 aliphatic heterocycles. The fraction of sp³-hybridized carbons (Fsp3) is 0.480. The van der Waals surface area contributed by atoms with E-state index in [9.17, 15) is 9.90 Å². The molecule has 2 aromatic carbocycles. The van der Waals surface area contributed by atoms with Crippen molar-refractivity contribution in [2.45, 2.75) is 57.5 Å². The van der Waals surface area contributed by atoms with E-state index in [0.29, 0.717) is 29.1 Å². The number of hydrogen-bond donors (Lipinski definition) is 1. The first-order chi connectivity index (χ1) is 13.6. The lowest BCUT2D eigenvalue weighted by atomic mass is 9.55. The Labute approximate surface area is 166 Å². The van der Waals surface area contributed by atoms with Gasteiger partial charge in [-0.3, -0.25) is 0 Å². The molecule has 0 radical (unpaired) electrons. The van der Waals surface area contributed by atoms with Gasteiger partial charge in [0.2, 0.25) is 0 Å². The van der Waals surface area contributed by atoms with E-state index < -0.39 is 0 Å². The number of benzene rings is 2. The molecule has 1 N–H and O–H groups in total. The van der Waals surface area contributed by atoms with Crippen molar-refractivity contribution in [1.29, 1.82) is 0 Å². The van der Waals surface area contributed by atoms with Crippen molar-refractivity contribution in [3.05, 3.63) is 65.2 Å². The molecule has 2 saturated carbocycles. The third-order valence-electron chi connectivity index (χ3n) is 7.87. The van der Waals surface area contributed by atoms with Gasteiger partial charge in [0.15, 0.2) is 0 Å². The summed E-state index contributed by atoms with van der Waals surface area (Å²) in [5.41, 5.74) is 3.47. The van der Waals surface area contributed by atoms with E-state index in [2.05, 4.69) is 19.1 Å². The van der Waals surface area contributed by atoms with Crippen molar-refractivity contribution < 1.29 is 14.6 Å². The van der Waals surface area contributed by atoms with Crippen LogP contribution in [-0.4, -0.2) is 17.2 Å². The summed E-state index contributed by atoms with van der Waals surface area (Å²) in [6, 6.07) is 15.4. The summed E-state index contributed by atoms with van der Waals surface area (Å²) in [5.74, 6) is 2.25. The van der Waals surface area contributed by atoms with E-state index in [1.807, 2.05) is 24.3 Å². The smallest absolute Gasteiger partial charge is 0.343 e. The number of aliphatic hydroxyl groups excluding tert-OH is 1. The standard InChI is InChI=1S/C25H28O3/c1-25-14-13-20-19-10-8-18(28-24(27)16-5-3-2-4-6-16)15-17(19)7-9-21(20)22(25)11-12-23(25)26/h2-6,8,10,15,20-23,26H,7,9,11-14H2,1H3/t20-,21+,22-,23-,25+/m1/s1. The Bertz CT molecular complexity index is 890. The minimum absolute atomic E-state index is 0.115. The fourth-order valence-electron chi connectivity index (χ4n) is 6.33. The van der Waals surface area contributed by atoms with Crippen LogP contribution in [0.5, 0.6) is 5.75 Å². The van der Waals surface area contributed by atoms with Crippen molar-refractivity contribution in [3.63, 3.8) is 0 Å². The van der Waals surface area contributed by atoms with Gasteiger partial charge in [0, 0.05) is 0 Å². The second-order valence-corrected chi connectivity index (χ2v) is 9.17. The van der Waals surface area contributed by atoms with Crippen LogP contribution in [-0.2, 0) is 6.42 Å². The van der Waals surface area contributed by atoms with Gasteiger partial charge in [-0.05, 0) is 97.1 Å². The number of ether oxygens (including phenoxy) is 1. The Kier molecular flexibility index (Phi) is 4.31. The zero-order valence-corrected chi connectivity index (χ0v) is 16.4. The van der Waals surface area contributed by atoms with Gasteiger partial charge in [-0.2, -0.15) is 0 Å². The molecule has 0 unspecified atom stereocenters. The lowest BCUT2D eigenvalue weighted by Gasteiger charge is -2.50. The summed E-state index contributed by atoms with van der Waals surface area (Å²) >= 11 is 0. The van der Waals surface area contributed by atoms with E-state index in [0.717, 1.165) is 25.7 Å². The first-order valence-corrected chi connectivity index (χ1v) is 10.6. The van der Waals surface area contributed by atoms with Crippen molar-refractivity contribution in [1.82, 2.24) is 0 Å². The van der Waals surface area contributed by atoms with Crippen LogP contribution < -0.4 is 4.74 Å². The maximum atomic E-state index is 12.4. The van der Waals surface area contributed by atoms with E-state index >= 15 is 0 Å². The highest BCUT2D eigenvalue weighted by molar-refractivity contribution is 5.91. The molecule has 3 aliphatic rings. The second-order valence-electron chi connectivity index (χ2n) is 9.17. The van der Waals surface area contributed by atoms with Crippen LogP contribution in [0.2, 0.25) is 0 Å². The Morgan fingerprint density at radius 1 is 1.07 bits per heavy atom. The first kappa shape index (κ1) is 17.9. The van der Waals surface area contributed by atoms with Crippen molar-refractivity contribution >= 4 is 5.97 Å². The van der Waals surface area contributed by atoms with E-state index in [1.165, 1.54) is 24.0 Å². The highest BCUT2D eigenvalue weighted by Gasteiger charge is 2.54. The maximum absolute atomic E-state index is 12.4. The Morgan fingerprint density at radius 2 is 1.89 bits per heavy atom. The van der Waals surface area contributed by atoms with Gasteiger partial charge in [-0.1, -0.05) is 31.2 Å². The predicted octanol–water partition coefficient (Wildman–Crippen LogP) is 5.12. The number of aryl methyl sites for hydroxylation is 1. The molecule has 146 valence electrons. The molecule has 0 heterocycles. The number of hydrogen-bond acceptors (Lipinski definition) is 3. The minimum Gasteiger partial charge on any atom is -0.423 e. The first-order valence-electron chi connectivity index (χ1n) is 10.6. The lowest BCUT2D eigenvalue weighted by molar-refractivity contribution is -0.0226. The minimum atomic E-state index is -0.303. The van der Waals surface area contributed by atoms with Gasteiger partial charge < -0.3 is 9.84 Å². The molecule has 0 saturated heterocycles. The quantitative estimate of drug-likeness (QED) is 0.584. The largest absolute Gasteiger partial charge is 0.423 e. The number of carbonyl (C=O) groups excluding carboxylic acids is 1. The van der Waals surface area contributed by atoms with Gasteiger partial charge in [0.05, 0.1) is 11.7 Å². The van der Waals surface area contributed by atoms with Gasteiger partial charge in [0.1, 0.15) is 5.75 Å². The summed E-state index contributed by atoms with van der Waals surface area (Å²) < 4.78 is 5.63. The van der Waals surface area contributed by atoms with Gasteiger partial charge in [-0.25, -0.2) is 4.79 Å². The van der Waals surface area contributed by atoms with E-state index in [4.69, 9.17) is 4.74 Å². The monoisotopic (exact) mass is 376 g/mol. The number of rotatable bonds is 2. The second kappa shape index (κ2) is 6.73. The summed E-state index contributed by atoms with van der Waals surface area (Å²) in [5, 5.41) is 10.5. The highest BCUT2D eigenvalue weighted by Crippen LogP contribution is 2.60. The van der Waals surface area contributed by atoms with Crippen molar-refractivity contribution in [2.24, 2.45) is 17.3 Å². The van der Waals surface area contributed by atoms with Crippen LogP contribution in [0.4, 0.5) is 0 Å². The summed E-state index contributed by atoms with van der Waals surface area (Å²) in [4.78, 5) is 12.4. The molecule has 0 aromatic heterocycles. The zero-order chi connectivity index (χ0) is 19.3. The van der Waals surface area contributed by atoms with E-state index in [1.54, 1.807) is 12.1 Å². The molecule has 2 fully saturated rings. The molecule has 0 bridgehead atoms. The summed E-state index contributed by atoms with van der Waals surface area (Å²) in [7, 11) is 0. The molecule has 5 rings (SSSR count). The molecule has 5 atom stereocenters. The molecule has 3 aliphatic carbocycles. The SMILES string of the molecule is C[C@]12CC[C@@H]3c4ccc(OC(=O)c5ccccc5)cc4CC[C@@H]3[C@H]1CC[C@H]2O. The number of aliphatic hydroxyl groups is 1. The van der Waals surface area contributed by atoms with Crippen molar-refractivity contribution in [3.8, 4) is 5.75 Å². The Balaban J connectivity index is 1.37. The Morgan fingerprint density at radius 3 is 2.71 bits per heavy atom. The number of carbonyl (C=O) groups is 1. The van der Waals surface area contributed by atoms with Crippen LogP contribution >= 0.6 is 0 Å². The van der Waals surface area contributed by atoms with Crippen LogP contribution in [0.25, 0.3) is 0 Å². The lowest BCUT2D eigenvalue weighted by Crippen LogP contribution is -2.43. The molecule has 2 aromatic rings. The average molecular weight is 376 g/mol. The highest BCUT2D eigenvalue weighted by atomic mass is 16.5. The van der Waals surface area contributed by atoms with Crippen LogP contribution in [0.3, 0.4) is 0 Å². The molecular weight excluding hydrogens is 348 g/mol. The number of esters is 1. The average Bonchev–Trinajstić information content (AvgIpc) is 3.03. The molecular formula is C25H28O3.